The van der Waals surface area contributed by atoms with Gasteiger partial charge in [-0.3, -0.25) is 4.79 Å². The Hall–Kier alpha value is -2.25. The van der Waals surface area contributed by atoms with Crippen LogP contribution in [0.25, 0.3) is 0 Å². The van der Waals surface area contributed by atoms with Gasteiger partial charge in [-0.25, -0.2) is 4.79 Å². The van der Waals surface area contributed by atoms with Crippen molar-refractivity contribution in [2.24, 2.45) is 0 Å². The number of hydrogen-bond acceptors (Lipinski definition) is 5. The molecule has 1 aromatic carbocycles. The second kappa shape index (κ2) is 9.98. The van der Waals surface area contributed by atoms with Crippen molar-refractivity contribution >= 4 is 51.1 Å². The van der Waals surface area contributed by atoms with E-state index in [-0.39, 0.29) is 11.8 Å². The van der Waals surface area contributed by atoms with E-state index in [0.29, 0.717) is 22.8 Å². The normalized spacial score (nSPS) is 13.6. The first kappa shape index (κ1) is 21.5. The lowest BCUT2D eigenvalue weighted by Crippen LogP contribution is -2.20. The molecule has 0 aliphatic heterocycles. The van der Waals surface area contributed by atoms with Crippen molar-refractivity contribution in [3.05, 3.63) is 45.8 Å². The van der Waals surface area contributed by atoms with Crippen LogP contribution in [0.15, 0.2) is 24.3 Å². The molecule has 5 nitrogen and oxygen atoms in total. The Morgan fingerprint density at radius 1 is 1.07 bits per heavy atom. The lowest BCUT2D eigenvalue weighted by atomic mass is 9.96. The number of carbonyl (C=O) groups excluding carboxylic acids is 2. The van der Waals surface area contributed by atoms with Gasteiger partial charge in [0.15, 0.2) is 10.9 Å². The molecular formula is C22H26N2O3S2. The number of carbonyl (C=O) groups is 2. The number of nitrogens with one attached hydrogen (secondary N) is 2. The van der Waals surface area contributed by atoms with Gasteiger partial charge in [0, 0.05) is 16.1 Å². The number of aryl methyl sites for hydroxylation is 1. The molecule has 0 saturated heterocycles. The molecule has 0 atom stereocenters. The van der Waals surface area contributed by atoms with Gasteiger partial charge in [0.05, 0.1) is 12.2 Å². The number of benzene rings is 1. The summed E-state index contributed by atoms with van der Waals surface area (Å²) < 4.78 is 5.33. The minimum atomic E-state index is -0.290. The van der Waals surface area contributed by atoms with E-state index >= 15 is 0 Å². The first-order valence-corrected chi connectivity index (χ1v) is 11.2. The van der Waals surface area contributed by atoms with Crippen LogP contribution >= 0.6 is 23.6 Å². The molecule has 0 fully saturated rings. The molecule has 1 aliphatic carbocycles. The molecule has 2 aromatic rings. The number of Topliss-reactive ketones (excluding diaryl/α,β-unsaturated/α-hetero) is 1. The van der Waals surface area contributed by atoms with Crippen molar-refractivity contribution in [1.29, 1.82) is 0 Å². The monoisotopic (exact) mass is 430 g/mol. The summed E-state index contributed by atoms with van der Waals surface area (Å²) in [6, 6.07) is 7.14. The third-order valence-electron chi connectivity index (χ3n) is 4.93. The predicted octanol–water partition coefficient (Wildman–Crippen LogP) is 5.60. The molecule has 29 heavy (non-hydrogen) atoms. The first-order valence-electron chi connectivity index (χ1n) is 10.00. The van der Waals surface area contributed by atoms with Gasteiger partial charge in [-0.2, -0.15) is 0 Å². The van der Waals surface area contributed by atoms with Gasteiger partial charge in [0.2, 0.25) is 0 Å². The van der Waals surface area contributed by atoms with Gasteiger partial charge >= 0.3 is 5.97 Å². The van der Waals surface area contributed by atoms with E-state index < -0.39 is 0 Å². The summed E-state index contributed by atoms with van der Waals surface area (Å²) in [6.07, 6.45) is 6.53. The summed E-state index contributed by atoms with van der Waals surface area (Å²) in [4.78, 5) is 25.4. The Morgan fingerprint density at radius 2 is 1.76 bits per heavy atom. The second-order valence-corrected chi connectivity index (χ2v) is 8.57. The van der Waals surface area contributed by atoms with E-state index in [1.165, 1.54) is 24.6 Å². The van der Waals surface area contributed by atoms with Crippen LogP contribution in [0.5, 0.6) is 0 Å². The third kappa shape index (κ3) is 5.42. The largest absolute Gasteiger partial charge is 0.462 e. The summed E-state index contributed by atoms with van der Waals surface area (Å²) in [5, 5.41) is 7.47. The van der Waals surface area contributed by atoms with E-state index in [9.17, 15) is 9.59 Å². The molecule has 3 rings (SSSR count). The third-order valence-corrected chi connectivity index (χ3v) is 6.34. The zero-order valence-corrected chi connectivity index (χ0v) is 18.4. The lowest BCUT2D eigenvalue weighted by molar-refractivity contribution is 0.0526. The lowest BCUT2D eigenvalue weighted by Gasteiger charge is -2.13. The highest BCUT2D eigenvalue weighted by molar-refractivity contribution is 7.80. The zero-order valence-electron chi connectivity index (χ0n) is 16.8. The van der Waals surface area contributed by atoms with Crippen molar-refractivity contribution in [2.45, 2.75) is 52.4 Å². The number of thiophene rings is 1. The van der Waals surface area contributed by atoms with E-state index in [2.05, 4.69) is 10.6 Å². The molecule has 0 radical (unpaired) electrons. The van der Waals surface area contributed by atoms with Crippen molar-refractivity contribution in [1.82, 2.24) is 0 Å². The van der Waals surface area contributed by atoms with Gasteiger partial charge in [-0.05, 0) is 81.6 Å². The molecule has 7 heteroatoms. The van der Waals surface area contributed by atoms with Gasteiger partial charge < -0.3 is 15.4 Å². The van der Waals surface area contributed by atoms with Crippen LogP contribution < -0.4 is 10.6 Å². The van der Waals surface area contributed by atoms with Gasteiger partial charge in [0.25, 0.3) is 0 Å². The van der Waals surface area contributed by atoms with E-state index in [1.807, 2.05) is 19.1 Å². The number of anilines is 2. The first-order chi connectivity index (χ1) is 14.0. The second-order valence-electron chi connectivity index (χ2n) is 7.06. The number of hydrogen-bond donors (Lipinski definition) is 2. The van der Waals surface area contributed by atoms with E-state index in [1.54, 1.807) is 23.5 Å². The topological polar surface area (TPSA) is 67.4 Å². The number of ketones is 1. The molecule has 1 aliphatic rings. The average molecular weight is 431 g/mol. The van der Waals surface area contributed by atoms with Crippen LogP contribution in [-0.2, 0) is 17.6 Å². The standard InChI is InChI=1S/C22H26N2O3S2/c1-3-27-21(26)19-17-8-6-4-5-7-9-18(17)29-20(19)24-22(28)23-16-12-10-15(11-13-16)14(2)25/h10-13H,3-9H2,1-2H3,(H2,23,24,28). The maximum atomic E-state index is 12.7. The van der Waals surface area contributed by atoms with Crippen LogP contribution in [0.2, 0.25) is 0 Å². The average Bonchev–Trinajstić information content (AvgIpc) is 2.98. The molecule has 0 amide bonds. The molecule has 0 spiro atoms. The van der Waals surface area contributed by atoms with Crippen molar-refractivity contribution in [2.75, 3.05) is 17.2 Å². The van der Waals surface area contributed by atoms with Crippen LogP contribution in [0, 0.1) is 0 Å². The highest BCUT2D eigenvalue weighted by Gasteiger charge is 2.25. The number of thiocarbonyl (C=S) groups is 1. The molecule has 2 N–H and O–H groups in total. The van der Waals surface area contributed by atoms with Gasteiger partial charge in [-0.1, -0.05) is 12.8 Å². The SMILES string of the molecule is CCOC(=O)c1c(NC(=S)Nc2ccc(C(C)=O)cc2)sc2c1CCCCCC2. The van der Waals surface area contributed by atoms with Crippen LogP contribution in [0.3, 0.4) is 0 Å². The number of esters is 1. The van der Waals surface area contributed by atoms with Crippen molar-refractivity contribution in [3.8, 4) is 0 Å². The minimum Gasteiger partial charge on any atom is -0.462 e. The predicted molar refractivity (Wildman–Crippen MR) is 122 cm³/mol. The molecule has 1 heterocycles. The minimum absolute atomic E-state index is 0.0207. The zero-order chi connectivity index (χ0) is 20.8. The van der Waals surface area contributed by atoms with Crippen LogP contribution in [-0.4, -0.2) is 23.5 Å². The number of rotatable bonds is 5. The fourth-order valence-corrected chi connectivity index (χ4v) is 5.05. The molecule has 0 unspecified atom stereocenters. The molecule has 154 valence electrons. The summed E-state index contributed by atoms with van der Waals surface area (Å²) >= 11 is 7.07. The fraction of sp³-hybridized carbons (Fsp3) is 0.409. The van der Waals surface area contributed by atoms with Crippen LogP contribution in [0.4, 0.5) is 10.7 Å². The molecule has 1 aromatic heterocycles. The summed E-state index contributed by atoms with van der Waals surface area (Å²) in [7, 11) is 0. The van der Waals surface area contributed by atoms with E-state index in [0.717, 1.165) is 41.9 Å². The summed E-state index contributed by atoms with van der Waals surface area (Å²) in [6.45, 7) is 3.70. The molecule has 0 bridgehead atoms. The Morgan fingerprint density at radius 3 is 2.41 bits per heavy atom. The van der Waals surface area contributed by atoms with Gasteiger partial charge in [0.1, 0.15) is 5.00 Å². The van der Waals surface area contributed by atoms with Gasteiger partial charge in [-0.15, -0.1) is 11.3 Å². The Balaban J connectivity index is 1.81. The highest BCUT2D eigenvalue weighted by atomic mass is 32.1. The molecular weight excluding hydrogens is 404 g/mol. The highest BCUT2D eigenvalue weighted by Crippen LogP contribution is 2.37. The number of ether oxygens (including phenoxy) is 1. The van der Waals surface area contributed by atoms with Crippen LogP contribution in [0.1, 0.15) is 70.7 Å². The Labute approximate surface area is 180 Å². The smallest absolute Gasteiger partial charge is 0.341 e. The maximum absolute atomic E-state index is 12.7. The van der Waals surface area contributed by atoms with E-state index in [4.69, 9.17) is 17.0 Å². The van der Waals surface area contributed by atoms with Crippen molar-refractivity contribution in [3.63, 3.8) is 0 Å². The maximum Gasteiger partial charge on any atom is 0.341 e. The Kier molecular flexibility index (Phi) is 7.39. The molecule has 0 saturated carbocycles. The Bertz CT molecular complexity index is 904. The van der Waals surface area contributed by atoms with Crippen molar-refractivity contribution < 1.29 is 14.3 Å². The fourth-order valence-electron chi connectivity index (χ4n) is 3.48. The summed E-state index contributed by atoms with van der Waals surface area (Å²) in [5.41, 5.74) is 3.17. The number of fused-ring (bicyclic) bond motifs is 1. The summed E-state index contributed by atoms with van der Waals surface area (Å²) in [5.74, 6) is -0.269. The quantitative estimate of drug-likeness (QED) is 0.366.